The van der Waals surface area contributed by atoms with Crippen LogP contribution in [0.2, 0.25) is 0 Å². The summed E-state index contributed by atoms with van der Waals surface area (Å²) in [6.45, 7) is 3.91. The minimum Gasteiger partial charge on any atom is -0.507 e. The van der Waals surface area contributed by atoms with Gasteiger partial charge in [-0.15, -0.1) is 0 Å². The molecule has 1 atom stereocenters. The third-order valence-electron chi connectivity index (χ3n) is 2.88. The van der Waals surface area contributed by atoms with E-state index in [2.05, 4.69) is 10.6 Å². The lowest BCUT2D eigenvalue weighted by molar-refractivity contribution is -0.121. The van der Waals surface area contributed by atoms with Crippen molar-refractivity contribution in [3.63, 3.8) is 0 Å². The predicted molar refractivity (Wildman–Crippen MR) is 72.9 cm³/mol. The standard InChI is InChI=1S/C14H19FN2O3/c1-3-9(2)17-12(19)7-8-16-14(20)13-10(15)5-4-6-11(13)18/h4-6,9,18H,3,7-8H2,1-2H3,(H,16,20)(H,17,19). The Bertz CT molecular complexity index is 471. The zero-order chi connectivity index (χ0) is 15.1. The normalized spacial score (nSPS) is 11.8. The monoisotopic (exact) mass is 282 g/mol. The molecule has 1 rings (SSSR count). The van der Waals surface area contributed by atoms with Gasteiger partial charge in [-0.3, -0.25) is 9.59 Å². The van der Waals surface area contributed by atoms with Gasteiger partial charge in [-0.1, -0.05) is 13.0 Å². The quantitative estimate of drug-likeness (QED) is 0.741. The minimum atomic E-state index is -0.799. The summed E-state index contributed by atoms with van der Waals surface area (Å²) in [4.78, 5) is 23.2. The molecule has 0 radical (unpaired) electrons. The number of rotatable bonds is 6. The van der Waals surface area contributed by atoms with Gasteiger partial charge in [0.05, 0.1) is 0 Å². The minimum absolute atomic E-state index is 0.0776. The maximum Gasteiger partial charge on any atom is 0.258 e. The number of carbonyl (C=O) groups excluding carboxylic acids is 2. The zero-order valence-corrected chi connectivity index (χ0v) is 11.6. The van der Waals surface area contributed by atoms with E-state index in [0.29, 0.717) is 0 Å². The van der Waals surface area contributed by atoms with E-state index in [0.717, 1.165) is 12.5 Å². The molecule has 0 aliphatic rings. The summed E-state index contributed by atoms with van der Waals surface area (Å²) in [5, 5.41) is 14.6. The summed E-state index contributed by atoms with van der Waals surface area (Å²) in [6, 6.07) is 3.70. The summed E-state index contributed by atoms with van der Waals surface area (Å²) in [5.41, 5.74) is -0.408. The van der Waals surface area contributed by atoms with Crippen LogP contribution in [0.4, 0.5) is 4.39 Å². The van der Waals surface area contributed by atoms with Crippen LogP contribution in [0.3, 0.4) is 0 Å². The first-order chi connectivity index (χ1) is 9.45. The molecule has 3 N–H and O–H groups in total. The first-order valence-corrected chi connectivity index (χ1v) is 6.50. The van der Waals surface area contributed by atoms with Gasteiger partial charge in [0.15, 0.2) is 0 Å². The maximum absolute atomic E-state index is 13.4. The molecule has 0 heterocycles. The van der Waals surface area contributed by atoms with Crippen molar-refractivity contribution in [1.29, 1.82) is 0 Å². The molecule has 0 aliphatic carbocycles. The van der Waals surface area contributed by atoms with Crippen molar-refractivity contribution in [2.75, 3.05) is 6.54 Å². The smallest absolute Gasteiger partial charge is 0.258 e. The molecule has 0 aromatic heterocycles. The second kappa shape index (κ2) is 7.47. The molecule has 0 spiro atoms. The highest BCUT2D eigenvalue weighted by Crippen LogP contribution is 2.19. The number of carbonyl (C=O) groups is 2. The predicted octanol–water partition coefficient (Wildman–Crippen LogP) is 1.57. The van der Waals surface area contributed by atoms with Gasteiger partial charge >= 0.3 is 0 Å². The van der Waals surface area contributed by atoms with E-state index in [1.54, 1.807) is 0 Å². The average Bonchev–Trinajstić information content (AvgIpc) is 2.38. The average molecular weight is 282 g/mol. The first-order valence-electron chi connectivity index (χ1n) is 6.50. The summed E-state index contributed by atoms with van der Waals surface area (Å²) in [7, 11) is 0. The Morgan fingerprint density at radius 3 is 2.70 bits per heavy atom. The summed E-state index contributed by atoms with van der Waals surface area (Å²) < 4.78 is 13.4. The number of phenols is 1. The second-order valence-electron chi connectivity index (χ2n) is 4.52. The van der Waals surface area contributed by atoms with Crippen LogP contribution in [0.1, 0.15) is 37.0 Å². The lowest BCUT2D eigenvalue weighted by atomic mass is 10.1. The molecule has 0 saturated carbocycles. The number of hydrogen-bond donors (Lipinski definition) is 3. The van der Waals surface area contributed by atoms with E-state index in [4.69, 9.17) is 0 Å². The van der Waals surface area contributed by atoms with Crippen LogP contribution in [0.5, 0.6) is 5.75 Å². The van der Waals surface area contributed by atoms with Crippen LogP contribution < -0.4 is 10.6 Å². The largest absolute Gasteiger partial charge is 0.507 e. The highest BCUT2D eigenvalue weighted by Gasteiger charge is 2.16. The molecule has 6 heteroatoms. The Morgan fingerprint density at radius 2 is 2.10 bits per heavy atom. The molecule has 20 heavy (non-hydrogen) atoms. The number of amides is 2. The van der Waals surface area contributed by atoms with Gasteiger partial charge < -0.3 is 15.7 Å². The van der Waals surface area contributed by atoms with Gasteiger partial charge in [0.2, 0.25) is 5.91 Å². The SMILES string of the molecule is CCC(C)NC(=O)CCNC(=O)c1c(O)cccc1F. The van der Waals surface area contributed by atoms with Crippen LogP contribution in [-0.2, 0) is 4.79 Å². The van der Waals surface area contributed by atoms with Crippen molar-refractivity contribution < 1.29 is 19.1 Å². The van der Waals surface area contributed by atoms with Gasteiger partial charge in [-0.2, -0.15) is 0 Å². The molecule has 0 bridgehead atoms. The fourth-order valence-electron chi connectivity index (χ4n) is 1.56. The van der Waals surface area contributed by atoms with Crippen molar-refractivity contribution in [3.05, 3.63) is 29.6 Å². The molecule has 110 valence electrons. The van der Waals surface area contributed by atoms with Gasteiger partial charge in [0.1, 0.15) is 17.1 Å². The Balaban J connectivity index is 2.46. The molecule has 1 aromatic rings. The Hall–Kier alpha value is -2.11. The fourth-order valence-corrected chi connectivity index (χ4v) is 1.56. The number of phenolic OH excluding ortho intramolecular Hbond substituents is 1. The van der Waals surface area contributed by atoms with E-state index >= 15 is 0 Å². The highest BCUT2D eigenvalue weighted by molar-refractivity contribution is 5.97. The maximum atomic E-state index is 13.4. The third-order valence-corrected chi connectivity index (χ3v) is 2.88. The van der Waals surface area contributed by atoms with Gasteiger partial charge in [0.25, 0.3) is 5.91 Å². The third kappa shape index (κ3) is 4.53. The number of aromatic hydroxyl groups is 1. The molecule has 1 unspecified atom stereocenters. The summed E-state index contributed by atoms with van der Waals surface area (Å²) in [5.74, 6) is -2.15. The van der Waals surface area contributed by atoms with Gasteiger partial charge in [0, 0.05) is 19.0 Å². The van der Waals surface area contributed by atoms with Crippen molar-refractivity contribution in [2.24, 2.45) is 0 Å². The number of hydrogen-bond acceptors (Lipinski definition) is 3. The number of nitrogens with one attached hydrogen (secondary N) is 2. The van der Waals surface area contributed by atoms with Crippen molar-refractivity contribution in [1.82, 2.24) is 10.6 Å². The Kier molecular flexibility index (Phi) is 5.96. The van der Waals surface area contributed by atoms with Gasteiger partial charge in [-0.25, -0.2) is 4.39 Å². The molecule has 2 amide bonds. The van der Waals surface area contributed by atoms with E-state index in [1.165, 1.54) is 12.1 Å². The lowest BCUT2D eigenvalue weighted by Crippen LogP contribution is -2.35. The molecule has 5 nitrogen and oxygen atoms in total. The van der Waals surface area contributed by atoms with Gasteiger partial charge in [-0.05, 0) is 25.5 Å². The van der Waals surface area contributed by atoms with Crippen molar-refractivity contribution in [3.8, 4) is 5.75 Å². The van der Waals surface area contributed by atoms with Crippen LogP contribution in [0, 0.1) is 5.82 Å². The van der Waals surface area contributed by atoms with Crippen molar-refractivity contribution >= 4 is 11.8 Å². The number of benzene rings is 1. The number of halogens is 1. The molecule has 1 aromatic carbocycles. The topological polar surface area (TPSA) is 78.4 Å². The highest BCUT2D eigenvalue weighted by atomic mass is 19.1. The molecule has 0 saturated heterocycles. The summed E-state index contributed by atoms with van der Waals surface area (Å²) >= 11 is 0. The molecule has 0 aliphatic heterocycles. The first kappa shape index (κ1) is 15.9. The molecule has 0 fully saturated rings. The Morgan fingerprint density at radius 1 is 1.40 bits per heavy atom. The van der Waals surface area contributed by atoms with Crippen LogP contribution >= 0.6 is 0 Å². The van der Waals surface area contributed by atoms with Crippen molar-refractivity contribution in [2.45, 2.75) is 32.7 Å². The van der Waals surface area contributed by atoms with E-state index in [-0.39, 0.29) is 24.9 Å². The second-order valence-corrected chi connectivity index (χ2v) is 4.52. The summed E-state index contributed by atoms with van der Waals surface area (Å²) in [6.07, 6.45) is 0.923. The van der Waals surface area contributed by atoms with E-state index in [1.807, 2.05) is 13.8 Å². The zero-order valence-electron chi connectivity index (χ0n) is 11.6. The molecular weight excluding hydrogens is 263 g/mol. The van der Waals surface area contributed by atoms with Crippen LogP contribution in [-0.4, -0.2) is 29.5 Å². The van der Waals surface area contributed by atoms with E-state index in [9.17, 15) is 19.1 Å². The van der Waals surface area contributed by atoms with E-state index < -0.39 is 23.0 Å². The molecular formula is C14H19FN2O3. The van der Waals surface area contributed by atoms with Crippen LogP contribution in [0.15, 0.2) is 18.2 Å². The lowest BCUT2D eigenvalue weighted by Gasteiger charge is -2.11. The van der Waals surface area contributed by atoms with Crippen LogP contribution in [0.25, 0.3) is 0 Å². The Labute approximate surface area is 117 Å². The fraction of sp³-hybridized carbons (Fsp3) is 0.429.